The number of nitrogen functional groups attached to an aromatic ring is 1. The van der Waals surface area contributed by atoms with Crippen molar-refractivity contribution in [2.24, 2.45) is 0 Å². The molecule has 0 aliphatic heterocycles. The molecule has 110 valence electrons. The lowest BCUT2D eigenvalue weighted by atomic mass is 10.1. The van der Waals surface area contributed by atoms with Crippen LogP contribution in [0.5, 0.6) is 0 Å². The van der Waals surface area contributed by atoms with Crippen molar-refractivity contribution in [3.8, 4) is 11.4 Å². The van der Waals surface area contributed by atoms with Gasteiger partial charge in [-0.25, -0.2) is 18.2 Å². The maximum absolute atomic E-state index is 13.3. The van der Waals surface area contributed by atoms with Crippen LogP contribution in [0.4, 0.5) is 19.1 Å². The Labute approximate surface area is 119 Å². The summed E-state index contributed by atoms with van der Waals surface area (Å²) in [5.74, 6) is -3.33. The number of benzene rings is 1. The largest absolute Gasteiger partial charge is 0.368 e. The summed E-state index contributed by atoms with van der Waals surface area (Å²) >= 11 is 0. The summed E-state index contributed by atoms with van der Waals surface area (Å²) in [4.78, 5) is 12.2. The van der Waals surface area contributed by atoms with E-state index < -0.39 is 17.5 Å². The van der Waals surface area contributed by atoms with Gasteiger partial charge in [-0.2, -0.15) is 9.97 Å². The predicted molar refractivity (Wildman–Crippen MR) is 70.8 cm³/mol. The lowest BCUT2D eigenvalue weighted by molar-refractivity contribution is 0.447. The minimum Gasteiger partial charge on any atom is -0.368 e. The summed E-state index contributed by atoms with van der Waals surface area (Å²) in [6.07, 6.45) is 4.08. The van der Waals surface area contributed by atoms with Gasteiger partial charge in [-0.1, -0.05) is 12.8 Å². The summed E-state index contributed by atoms with van der Waals surface area (Å²) in [7, 11) is 0. The fraction of sp³-hybridized carbons (Fsp3) is 0.357. The van der Waals surface area contributed by atoms with Crippen LogP contribution in [0, 0.1) is 17.5 Å². The second-order valence-electron chi connectivity index (χ2n) is 5.11. The van der Waals surface area contributed by atoms with Gasteiger partial charge in [0.05, 0.1) is 0 Å². The maximum atomic E-state index is 13.3. The van der Waals surface area contributed by atoms with Gasteiger partial charge >= 0.3 is 0 Å². The first-order valence-corrected chi connectivity index (χ1v) is 6.71. The third kappa shape index (κ3) is 2.68. The summed E-state index contributed by atoms with van der Waals surface area (Å²) < 4.78 is 39.6. The first-order valence-electron chi connectivity index (χ1n) is 6.71. The minimum absolute atomic E-state index is 0.00737. The number of nitrogens with two attached hydrogens (primary N) is 1. The van der Waals surface area contributed by atoms with E-state index in [4.69, 9.17) is 5.73 Å². The Balaban J connectivity index is 2.06. The lowest BCUT2D eigenvalue weighted by Gasteiger charge is -2.10. The molecule has 0 saturated heterocycles. The van der Waals surface area contributed by atoms with Gasteiger partial charge in [0.15, 0.2) is 23.3 Å². The van der Waals surface area contributed by atoms with Crippen LogP contribution >= 0.6 is 0 Å². The van der Waals surface area contributed by atoms with Crippen LogP contribution in [0.1, 0.15) is 37.4 Å². The first kappa shape index (κ1) is 13.8. The van der Waals surface area contributed by atoms with Crippen molar-refractivity contribution < 1.29 is 13.2 Å². The van der Waals surface area contributed by atoms with Gasteiger partial charge in [-0.15, -0.1) is 0 Å². The summed E-state index contributed by atoms with van der Waals surface area (Å²) in [6, 6.07) is 1.71. The van der Waals surface area contributed by atoms with Crippen LogP contribution in [0.15, 0.2) is 12.1 Å². The van der Waals surface area contributed by atoms with E-state index in [1.807, 2.05) is 0 Å². The maximum Gasteiger partial charge on any atom is 0.223 e. The van der Waals surface area contributed by atoms with E-state index >= 15 is 0 Å². The number of halogens is 3. The third-order valence-electron chi connectivity index (χ3n) is 3.63. The quantitative estimate of drug-likeness (QED) is 0.864. The van der Waals surface area contributed by atoms with Gasteiger partial charge in [0.1, 0.15) is 5.82 Å². The second kappa shape index (κ2) is 5.31. The standard InChI is InChI=1S/C14H13F3N4/c15-9-5-8(6-10(16)11(9)17)13-19-12(20-14(18)21-13)7-3-1-2-4-7/h5-7H,1-4H2,(H2,18,19,20,21). The molecular formula is C14H13F3N4. The van der Waals surface area contributed by atoms with Gasteiger partial charge in [0.2, 0.25) is 5.95 Å². The molecule has 0 radical (unpaired) electrons. The molecule has 2 aromatic rings. The molecule has 0 amide bonds. The molecule has 1 aliphatic rings. The van der Waals surface area contributed by atoms with Crippen LogP contribution in [-0.4, -0.2) is 15.0 Å². The van der Waals surface area contributed by atoms with Crippen molar-refractivity contribution in [3.63, 3.8) is 0 Å². The Bertz CT molecular complexity index is 661. The average molecular weight is 294 g/mol. The van der Waals surface area contributed by atoms with Gasteiger partial charge in [0, 0.05) is 11.5 Å². The smallest absolute Gasteiger partial charge is 0.223 e. The molecule has 3 rings (SSSR count). The zero-order valence-electron chi connectivity index (χ0n) is 11.1. The average Bonchev–Trinajstić information content (AvgIpc) is 2.97. The molecule has 2 N–H and O–H groups in total. The Morgan fingerprint density at radius 1 is 0.952 bits per heavy atom. The lowest BCUT2D eigenvalue weighted by Crippen LogP contribution is -2.08. The van der Waals surface area contributed by atoms with E-state index in [1.165, 1.54) is 0 Å². The summed E-state index contributed by atoms with van der Waals surface area (Å²) in [6.45, 7) is 0. The van der Waals surface area contributed by atoms with Crippen LogP contribution in [0.3, 0.4) is 0 Å². The van der Waals surface area contributed by atoms with Crippen molar-refractivity contribution >= 4 is 5.95 Å². The highest BCUT2D eigenvalue weighted by molar-refractivity contribution is 5.56. The highest BCUT2D eigenvalue weighted by Crippen LogP contribution is 2.33. The fourth-order valence-corrected chi connectivity index (χ4v) is 2.59. The molecule has 1 aromatic carbocycles. The predicted octanol–water partition coefficient (Wildman–Crippen LogP) is 3.20. The van der Waals surface area contributed by atoms with Crippen LogP contribution < -0.4 is 5.73 Å². The topological polar surface area (TPSA) is 64.7 Å². The molecule has 1 heterocycles. The molecule has 1 aromatic heterocycles. The number of hydrogen-bond acceptors (Lipinski definition) is 4. The molecule has 0 atom stereocenters. The third-order valence-corrected chi connectivity index (χ3v) is 3.63. The highest BCUT2D eigenvalue weighted by atomic mass is 19.2. The monoisotopic (exact) mass is 294 g/mol. The molecule has 0 bridgehead atoms. The van der Waals surface area contributed by atoms with Crippen molar-refractivity contribution in [3.05, 3.63) is 35.4 Å². The molecule has 1 fully saturated rings. The number of anilines is 1. The Hall–Kier alpha value is -2.18. The number of nitrogens with zero attached hydrogens (tertiary/aromatic N) is 3. The Kier molecular flexibility index (Phi) is 3.48. The molecule has 7 heteroatoms. The Morgan fingerprint density at radius 2 is 1.57 bits per heavy atom. The van der Waals surface area contributed by atoms with Crippen molar-refractivity contribution in [2.45, 2.75) is 31.6 Å². The molecule has 1 saturated carbocycles. The zero-order valence-corrected chi connectivity index (χ0v) is 11.1. The van der Waals surface area contributed by atoms with Crippen LogP contribution in [0.25, 0.3) is 11.4 Å². The Morgan fingerprint density at radius 3 is 2.19 bits per heavy atom. The molecular weight excluding hydrogens is 281 g/mol. The number of hydrogen-bond donors (Lipinski definition) is 1. The first-order chi connectivity index (χ1) is 10.0. The second-order valence-corrected chi connectivity index (χ2v) is 5.11. The zero-order chi connectivity index (χ0) is 15.0. The van der Waals surface area contributed by atoms with E-state index in [0.717, 1.165) is 37.8 Å². The SMILES string of the molecule is Nc1nc(-c2cc(F)c(F)c(F)c2)nc(C2CCCC2)n1. The van der Waals surface area contributed by atoms with E-state index in [2.05, 4.69) is 15.0 Å². The van der Waals surface area contributed by atoms with E-state index in [0.29, 0.717) is 5.82 Å². The summed E-state index contributed by atoms with van der Waals surface area (Å²) in [5.41, 5.74) is 5.69. The molecule has 21 heavy (non-hydrogen) atoms. The molecule has 0 unspecified atom stereocenters. The van der Waals surface area contributed by atoms with Crippen molar-refractivity contribution in [1.82, 2.24) is 15.0 Å². The van der Waals surface area contributed by atoms with Crippen LogP contribution in [-0.2, 0) is 0 Å². The summed E-state index contributed by atoms with van der Waals surface area (Å²) in [5, 5.41) is 0. The van der Waals surface area contributed by atoms with Crippen molar-refractivity contribution in [2.75, 3.05) is 5.73 Å². The molecule has 0 spiro atoms. The number of aromatic nitrogens is 3. The van der Waals surface area contributed by atoms with Gasteiger partial charge in [-0.05, 0) is 25.0 Å². The van der Waals surface area contributed by atoms with Gasteiger partial charge < -0.3 is 5.73 Å². The van der Waals surface area contributed by atoms with E-state index in [1.54, 1.807) is 0 Å². The normalized spacial score (nSPS) is 15.6. The van der Waals surface area contributed by atoms with Gasteiger partial charge in [-0.3, -0.25) is 0 Å². The molecule has 1 aliphatic carbocycles. The highest BCUT2D eigenvalue weighted by Gasteiger charge is 2.22. The van der Waals surface area contributed by atoms with E-state index in [-0.39, 0.29) is 23.3 Å². The fourth-order valence-electron chi connectivity index (χ4n) is 2.59. The van der Waals surface area contributed by atoms with Crippen molar-refractivity contribution in [1.29, 1.82) is 0 Å². The minimum atomic E-state index is -1.52. The van der Waals surface area contributed by atoms with E-state index in [9.17, 15) is 13.2 Å². The van der Waals surface area contributed by atoms with Gasteiger partial charge in [0.25, 0.3) is 0 Å². The van der Waals surface area contributed by atoms with Crippen LogP contribution in [0.2, 0.25) is 0 Å². The number of rotatable bonds is 2. The molecule has 4 nitrogen and oxygen atoms in total.